The van der Waals surface area contributed by atoms with Gasteiger partial charge in [0.25, 0.3) is 0 Å². The Morgan fingerprint density at radius 2 is 1.82 bits per heavy atom. The van der Waals surface area contributed by atoms with Gasteiger partial charge in [0.2, 0.25) is 0 Å². The van der Waals surface area contributed by atoms with E-state index in [9.17, 15) is 4.79 Å². The Morgan fingerprint density at radius 1 is 1.00 bits per heavy atom. The molecule has 0 aliphatic carbocycles. The average Bonchev–Trinajstić information content (AvgIpc) is 3.01. The number of amides is 2. The zero-order valence-corrected chi connectivity index (χ0v) is 12.3. The molecule has 2 N–H and O–H groups in total. The van der Waals surface area contributed by atoms with Gasteiger partial charge >= 0.3 is 6.03 Å². The molecule has 0 atom stereocenters. The SMILES string of the molecule is O=C(Nc1cccc(Oc2ccccc2)c1)Nc1nccs1. The highest BCUT2D eigenvalue weighted by molar-refractivity contribution is 7.13. The van der Waals surface area contributed by atoms with E-state index in [-0.39, 0.29) is 6.03 Å². The van der Waals surface area contributed by atoms with Gasteiger partial charge in [-0.15, -0.1) is 11.3 Å². The lowest BCUT2D eigenvalue weighted by molar-refractivity contribution is 0.262. The van der Waals surface area contributed by atoms with Gasteiger partial charge in [0, 0.05) is 23.3 Å². The van der Waals surface area contributed by atoms with Crippen LogP contribution in [0.3, 0.4) is 0 Å². The summed E-state index contributed by atoms with van der Waals surface area (Å²) in [6, 6.07) is 16.3. The van der Waals surface area contributed by atoms with E-state index in [4.69, 9.17) is 4.74 Å². The number of thiazole rings is 1. The van der Waals surface area contributed by atoms with Crippen LogP contribution >= 0.6 is 11.3 Å². The first kappa shape index (κ1) is 14.1. The molecule has 0 aliphatic rings. The van der Waals surface area contributed by atoms with Gasteiger partial charge < -0.3 is 10.1 Å². The van der Waals surface area contributed by atoms with Gasteiger partial charge in [-0.2, -0.15) is 0 Å². The Hall–Kier alpha value is -2.86. The monoisotopic (exact) mass is 311 g/mol. The average molecular weight is 311 g/mol. The molecule has 0 spiro atoms. The molecule has 110 valence electrons. The second-order valence-corrected chi connectivity index (χ2v) is 5.25. The second kappa shape index (κ2) is 6.73. The third kappa shape index (κ3) is 3.83. The first-order valence-electron chi connectivity index (χ1n) is 6.60. The summed E-state index contributed by atoms with van der Waals surface area (Å²) in [6.45, 7) is 0. The molecule has 5 nitrogen and oxygen atoms in total. The first-order valence-corrected chi connectivity index (χ1v) is 7.48. The number of nitrogens with zero attached hydrogens (tertiary/aromatic N) is 1. The van der Waals surface area contributed by atoms with Gasteiger partial charge in [0.15, 0.2) is 5.13 Å². The predicted octanol–water partition coefficient (Wildman–Crippen LogP) is 4.58. The highest BCUT2D eigenvalue weighted by Gasteiger charge is 2.05. The van der Waals surface area contributed by atoms with Crippen molar-refractivity contribution < 1.29 is 9.53 Å². The molecule has 0 saturated carbocycles. The smallest absolute Gasteiger partial charge is 0.325 e. The van der Waals surface area contributed by atoms with Crippen LogP contribution in [0.4, 0.5) is 15.6 Å². The number of benzene rings is 2. The van der Waals surface area contributed by atoms with Crippen LogP contribution in [0.15, 0.2) is 66.2 Å². The number of nitrogens with one attached hydrogen (secondary N) is 2. The van der Waals surface area contributed by atoms with Crippen LogP contribution in [0, 0.1) is 0 Å². The fourth-order valence-corrected chi connectivity index (χ4v) is 2.33. The Balaban J connectivity index is 1.65. The molecule has 2 amide bonds. The van der Waals surface area contributed by atoms with Crippen molar-refractivity contribution in [2.45, 2.75) is 0 Å². The minimum Gasteiger partial charge on any atom is -0.457 e. The summed E-state index contributed by atoms with van der Waals surface area (Å²) in [5, 5.41) is 7.74. The van der Waals surface area contributed by atoms with Crippen molar-refractivity contribution in [1.29, 1.82) is 0 Å². The van der Waals surface area contributed by atoms with Crippen LogP contribution in [0.1, 0.15) is 0 Å². The third-order valence-corrected chi connectivity index (χ3v) is 3.41. The van der Waals surface area contributed by atoms with Gasteiger partial charge in [-0.1, -0.05) is 24.3 Å². The molecule has 0 unspecified atom stereocenters. The minimum absolute atomic E-state index is 0.341. The maximum Gasteiger partial charge on any atom is 0.325 e. The third-order valence-electron chi connectivity index (χ3n) is 2.72. The van der Waals surface area contributed by atoms with E-state index in [1.165, 1.54) is 11.3 Å². The van der Waals surface area contributed by atoms with Crippen molar-refractivity contribution in [1.82, 2.24) is 4.98 Å². The molecular formula is C16H13N3O2S. The van der Waals surface area contributed by atoms with Crippen molar-refractivity contribution in [2.75, 3.05) is 10.6 Å². The number of hydrogen-bond acceptors (Lipinski definition) is 4. The number of ether oxygens (including phenoxy) is 1. The largest absolute Gasteiger partial charge is 0.457 e. The van der Waals surface area contributed by atoms with Crippen LogP contribution < -0.4 is 15.4 Å². The van der Waals surface area contributed by atoms with Gasteiger partial charge in [-0.3, -0.25) is 5.32 Å². The molecule has 0 aliphatic heterocycles. The molecule has 3 rings (SSSR count). The predicted molar refractivity (Wildman–Crippen MR) is 87.7 cm³/mol. The van der Waals surface area contributed by atoms with Crippen LogP contribution in [0.25, 0.3) is 0 Å². The van der Waals surface area contributed by atoms with Gasteiger partial charge in [-0.05, 0) is 24.3 Å². The standard InChI is InChI=1S/C16H13N3O2S/c20-15(19-16-17-9-10-22-16)18-12-5-4-8-14(11-12)21-13-6-2-1-3-7-13/h1-11H,(H2,17,18,19,20). The number of hydrogen-bond donors (Lipinski definition) is 2. The zero-order valence-electron chi connectivity index (χ0n) is 11.5. The highest BCUT2D eigenvalue weighted by atomic mass is 32.1. The van der Waals surface area contributed by atoms with Crippen molar-refractivity contribution in [3.8, 4) is 11.5 Å². The summed E-state index contributed by atoms with van der Waals surface area (Å²) < 4.78 is 5.72. The number of rotatable bonds is 4. The van der Waals surface area contributed by atoms with Crippen molar-refractivity contribution >= 4 is 28.2 Å². The maximum atomic E-state index is 11.9. The summed E-state index contributed by atoms with van der Waals surface area (Å²) in [5.41, 5.74) is 0.641. The number of anilines is 2. The Bertz CT molecular complexity index is 745. The topological polar surface area (TPSA) is 63.2 Å². The molecule has 0 saturated heterocycles. The minimum atomic E-state index is -0.341. The van der Waals surface area contributed by atoms with Crippen LogP contribution in [-0.2, 0) is 0 Å². The molecule has 0 fully saturated rings. The van der Waals surface area contributed by atoms with Gasteiger partial charge in [0.1, 0.15) is 11.5 Å². The number of aromatic nitrogens is 1. The molecule has 0 radical (unpaired) electrons. The fourth-order valence-electron chi connectivity index (χ4n) is 1.81. The van der Waals surface area contributed by atoms with E-state index >= 15 is 0 Å². The Morgan fingerprint density at radius 3 is 2.59 bits per heavy atom. The van der Waals surface area contributed by atoms with Crippen molar-refractivity contribution in [3.63, 3.8) is 0 Å². The molecule has 0 bridgehead atoms. The number of para-hydroxylation sites is 1. The molecule has 1 heterocycles. The lowest BCUT2D eigenvalue weighted by Gasteiger charge is -2.09. The number of carbonyl (C=O) groups is 1. The second-order valence-electron chi connectivity index (χ2n) is 4.36. The van der Waals surface area contributed by atoms with E-state index < -0.39 is 0 Å². The summed E-state index contributed by atoms with van der Waals surface area (Å²) in [5.74, 6) is 1.39. The molecular weight excluding hydrogens is 298 g/mol. The Kier molecular flexibility index (Phi) is 4.31. The molecule has 22 heavy (non-hydrogen) atoms. The van der Waals surface area contributed by atoms with Crippen LogP contribution in [0.2, 0.25) is 0 Å². The molecule has 3 aromatic rings. The maximum absolute atomic E-state index is 11.9. The van der Waals surface area contributed by atoms with E-state index in [0.717, 1.165) is 5.75 Å². The number of carbonyl (C=O) groups excluding carboxylic acids is 1. The van der Waals surface area contributed by atoms with Gasteiger partial charge in [0.05, 0.1) is 0 Å². The van der Waals surface area contributed by atoms with Crippen LogP contribution in [-0.4, -0.2) is 11.0 Å². The normalized spacial score (nSPS) is 10.0. The fraction of sp³-hybridized carbons (Fsp3) is 0. The summed E-state index contributed by atoms with van der Waals surface area (Å²) in [4.78, 5) is 15.8. The Labute approximate surface area is 131 Å². The lowest BCUT2D eigenvalue weighted by Crippen LogP contribution is -2.19. The van der Waals surface area contributed by atoms with E-state index in [2.05, 4.69) is 15.6 Å². The summed E-state index contributed by atoms with van der Waals surface area (Å²) in [6.07, 6.45) is 1.63. The van der Waals surface area contributed by atoms with E-state index in [1.807, 2.05) is 42.5 Å². The van der Waals surface area contributed by atoms with Crippen LogP contribution in [0.5, 0.6) is 11.5 Å². The van der Waals surface area contributed by atoms with Crippen molar-refractivity contribution in [3.05, 3.63) is 66.2 Å². The zero-order chi connectivity index (χ0) is 15.2. The summed E-state index contributed by atoms with van der Waals surface area (Å²) >= 11 is 1.36. The first-order chi connectivity index (χ1) is 10.8. The highest BCUT2D eigenvalue weighted by Crippen LogP contribution is 2.24. The van der Waals surface area contributed by atoms with Gasteiger partial charge in [-0.25, -0.2) is 9.78 Å². The quantitative estimate of drug-likeness (QED) is 0.741. The molecule has 1 aromatic heterocycles. The lowest BCUT2D eigenvalue weighted by atomic mass is 10.3. The number of urea groups is 1. The molecule has 2 aromatic carbocycles. The summed E-state index contributed by atoms with van der Waals surface area (Å²) in [7, 11) is 0. The molecule has 6 heteroatoms. The van der Waals surface area contributed by atoms with E-state index in [1.54, 1.807) is 23.7 Å². The van der Waals surface area contributed by atoms with E-state index in [0.29, 0.717) is 16.6 Å². The van der Waals surface area contributed by atoms with Crippen molar-refractivity contribution in [2.24, 2.45) is 0 Å².